The molecule has 1 fully saturated rings. The van der Waals surface area contributed by atoms with Crippen LogP contribution in [0.1, 0.15) is 45.9 Å². The molecule has 4 nitrogen and oxygen atoms in total. The zero-order valence-electron chi connectivity index (χ0n) is 16.6. The molecule has 1 atom stereocenters. The number of carbonyl (C=O) groups excluding carboxylic acids is 2. The minimum absolute atomic E-state index is 0.0393. The molecule has 0 aromatic heterocycles. The Bertz CT molecular complexity index is 1130. The summed E-state index contributed by atoms with van der Waals surface area (Å²) in [6.07, 6.45) is -8.17. The van der Waals surface area contributed by atoms with Crippen molar-refractivity contribution in [1.82, 2.24) is 10.6 Å². The largest absolute Gasteiger partial charge is 0.416 e. The van der Waals surface area contributed by atoms with Crippen molar-refractivity contribution in [3.05, 3.63) is 69.7 Å². The van der Waals surface area contributed by atoms with E-state index in [2.05, 4.69) is 11.2 Å². The molecule has 11 heteroatoms. The molecule has 33 heavy (non-hydrogen) atoms. The molecular formula is C22H15ClF6N2O2. The first-order valence-electron chi connectivity index (χ1n) is 9.51. The van der Waals surface area contributed by atoms with Crippen LogP contribution in [0.15, 0.2) is 42.5 Å². The van der Waals surface area contributed by atoms with Gasteiger partial charge >= 0.3 is 12.4 Å². The number of halogens is 7. The van der Waals surface area contributed by atoms with E-state index in [1.54, 1.807) is 5.32 Å². The quantitative estimate of drug-likeness (QED) is 0.469. The molecular weight excluding hydrogens is 474 g/mol. The minimum atomic E-state index is -5.07. The third kappa shape index (κ3) is 6.65. The molecule has 2 aromatic carbocycles. The molecule has 0 bridgehead atoms. The lowest BCUT2D eigenvalue weighted by molar-refractivity contribution is -0.162. The fraction of sp³-hybridized carbons (Fsp3) is 0.273. The van der Waals surface area contributed by atoms with Crippen molar-refractivity contribution in [2.75, 3.05) is 0 Å². The smallest absolute Gasteiger partial charge is 0.349 e. The lowest BCUT2D eigenvalue weighted by Crippen LogP contribution is -2.37. The fourth-order valence-electron chi connectivity index (χ4n) is 2.81. The number of hydrogen-bond acceptors (Lipinski definition) is 2. The molecule has 0 heterocycles. The van der Waals surface area contributed by atoms with E-state index < -0.39 is 35.4 Å². The molecule has 1 aliphatic rings. The third-order valence-electron chi connectivity index (χ3n) is 4.60. The van der Waals surface area contributed by atoms with E-state index in [0.29, 0.717) is 12.1 Å². The predicted octanol–water partition coefficient (Wildman–Crippen LogP) is 5.02. The maximum Gasteiger partial charge on any atom is 0.416 e. The Morgan fingerprint density at radius 2 is 1.73 bits per heavy atom. The Morgan fingerprint density at radius 1 is 1.03 bits per heavy atom. The van der Waals surface area contributed by atoms with Gasteiger partial charge in [-0.15, -0.1) is 0 Å². The van der Waals surface area contributed by atoms with Gasteiger partial charge in [-0.1, -0.05) is 29.7 Å². The molecule has 174 valence electrons. The number of rotatable bonds is 4. The first kappa shape index (κ1) is 24.5. The second-order valence-electron chi connectivity index (χ2n) is 7.26. The van der Waals surface area contributed by atoms with Gasteiger partial charge in [0.05, 0.1) is 16.1 Å². The summed E-state index contributed by atoms with van der Waals surface area (Å²) in [6.45, 7) is 0. The van der Waals surface area contributed by atoms with Gasteiger partial charge in [-0.25, -0.2) is 0 Å². The Morgan fingerprint density at radius 3 is 2.30 bits per heavy atom. The summed E-state index contributed by atoms with van der Waals surface area (Å²) >= 11 is 6.05. The van der Waals surface area contributed by atoms with Gasteiger partial charge in [-0.2, -0.15) is 26.3 Å². The summed E-state index contributed by atoms with van der Waals surface area (Å²) < 4.78 is 78.8. The standard InChI is InChI=1S/C22H15ClF6N2O2/c23-17-10-12(4-8-16(17)20(33)30-15-6-7-15)5-9-18(32)31-19(22(27,28)29)13-2-1-3-14(11-13)21(24,25)26/h1-4,8,10-11,15,19H,6-7H2,(H,30,33)(H,31,32). The summed E-state index contributed by atoms with van der Waals surface area (Å²) in [5.74, 6) is 2.54. The van der Waals surface area contributed by atoms with Crippen LogP contribution in [-0.4, -0.2) is 24.0 Å². The van der Waals surface area contributed by atoms with E-state index in [-0.39, 0.29) is 28.1 Å². The van der Waals surface area contributed by atoms with Crippen LogP contribution in [0.3, 0.4) is 0 Å². The molecule has 1 saturated carbocycles. The van der Waals surface area contributed by atoms with Gasteiger partial charge in [0.1, 0.15) is 0 Å². The van der Waals surface area contributed by atoms with E-state index in [4.69, 9.17) is 11.6 Å². The molecule has 3 rings (SSSR count). The van der Waals surface area contributed by atoms with E-state index >= 15 is 0 Å². The Labute approximate surface area is 189 Å². The van der Waals surface area contributed by atoms with Crippen LogP contribution in [0.25, 0.3) is 0 Å². The molecule has 0 spiro atoms. The van der Waals surface area contributed by atoms with E-state index in [1.165, 1.54) is 18.2 Å². The van der Waals surface area contributed by atoms with Crippen LogP contribution in [0.5, 0.6) is 0 Å². The lowest BCUT2D eigenvalue weighted by atomic mass is 10.0. The van der Waals surface area contributed by atoms with E-state index in [0.717, 1.165) is 25.0 Å². The van der Waals surface area contributed by atoms with Crippen LogP contribution in [0.2, 0.25) is 5.02 Å². The number of nitrogens with one attached hydrogen (secondary N) is 2. The zero-order valence-corrected chi connectivity index (χ0v) is 17.3. The number of hydrogen-bond donors (Lipinski definition) is 2. The van der Waals surface area contributed by atoms with Gasteiger partial charge in [0.25, 0.3) is 11.8 Å². The molecule has 0 saturated heterocycles. The van der Waals surface area contributed by atoms with Gasteiger partial charge < -0.3 is 10.6 Å². The number of amides is 2. The van der Waals surface area contributed by atoms with Gasteiger partial charge in [-0.05, 0) is 48.7 Å². The van der Waals surface area contributed by atoms with E-state index in [1.807, 2.05) is 5.92 Å². The summed E-state index contributed by atoms with van der Waals surface area (Å²) in [5, 5.41) is 4.38. The van der Waals surface area contributed by atoms with Gasteiger partial charge in [0.2, 0.25) is 0 Å². The Hall–Kier alpha value is -3.19. The Kier molecular flexibility index (Phi) is 6.93. The first-order valence-corrected chi connectivity index (χ1v) is 9.89. The highest BCUT2D eigenvalue weighted by molar-refractivity contribution is 6.34. The SMILES string of the molecule is O=C(C#Cc1ccc(C(=O)NC2CC2)c(Cl)c1)NC(c1cccc(C(F)(F)F)c1)C(F)(F)F. The van der Waals surface area contributed by atoms with Crippen molar-refractivity contribution in [3.63, 3.8) is 0 Å². The van der Waals surface area contributed by atoms with Crippen molar-refractivity contribution < 1.29 is 35.9 Å². The van der Waals surface area contributed by atoms with Crippen molar-refractivity contribution in [1.29, 1.82) is 0 Å². The molecule has 2 amide bonds. The fourth-order valence-corrected chi connectivity index (χ4v) is 3.08. The molecule has 0 radical (unpaired) electrons. The summed E-state index contributed by atoms with van der Waals surface area (Å²) in [4.78, 5) is 24.1. The van der Waals surface area contributed by atoms with Gasteiger partial charge in [-0.3, -0.25) is 9.59 Å². The number of benzene rings is 2. The van der Waals surface area contributed by atoms with Crippen molar-refractivity contribution in [2.45, 2.75) is 37.3 Å². The average molecular weight is 489 g/mol. The van der Waals surface area contributed by atoms with Crippen molar-refractivity contribution >= 4 is 23.4 Å². The molecule has 0 aliphatic heterocycles. The molecule has 1 unspecified atom stereocenters. The Balaban J connectivity index is 1.76. The monoisotopic (exact) mass is 488 g/mol. The van der Waals surface area contributed by atoms with Crippen LogP contribution < -0.4 is 10.6 Å². The number of alkyl halides is 6. The van der Waals surface area contributed by atoms with E-state index in [9.17, 15) is 35.9 Å². The van der Waals surface area contributed by atoms with Gasteiger partial charge in [0.15, 0.2) is 6.04 Å². The zero-order chi connectivity index (χ0) is 24.4. The van der Waals surface area contributed by atoms with Crippen molar-refractivity contribution in [3.8, 4) is 11.8 Å². The summed E-state index contributed by atoms with van der Waals surface area (Å²) in [5.41, 5.74) is -1.74. The maximum atomic E-state index is 13.4. The average Bonchev–Trinajstić information content (AvgIpc) is 3.53. The third-order valence-corrected chi connectivity index (χ3v) is 4.91. The normalized spacial score (nSPS) is 14.6. The second-order valence-corrected chi connectivity index (χ2v) is 7.67. The maximum absolute atomic E-state index is 13.4. The lowest BCUT2D eigenvalue weighted by Gasteiger charge is -2.21. The van der Waals surface area contributed by atoms with Crippen LogP contribution in [0, 0.1) is 11.8 Å². The second kappa shape index (κ2) is 9.35. The highest BCUT2D eigenvalue weighted by Crippen LogP contribution is 2.36. The van der Waals surface area contributed by atoms with Crippen molar-refractivity contribution in [2.24, 2.45) is 0 Å². The molecule has 1 aliphatic carbocycles. The van der Waals surface area contributed by atoms with Crippen LogP contribution in [-0.2, 0) is 11.0 Å². The number of carbonyl (C=O) groups is 2. The van der Waals surface area contributed by atoms with Gasteiger partial charge in [0, 0.05) is 17.5 Å². The minimum Gasteiger partial charge on any atom is -0.349 e. The predicted molar refractivity (Wildman–Crippen MR) is 107 cm³/mol. The van der Waals surface area contributed by atoms with Crippen LogP contribution in [0.4, 0.5) is 26.3 Å². The molecule has 2 aromatic rings. The topological polar surface area (TPSA) is 58.2 Å². The summed E-state index contributed by atoms with van der Waals surface area (Å²) in [7, 11) is 0. The first-order chi connectivity index (χ1) is 15.3. The van der Waals surface area contributed by atoms with Crippen LogP contribution >= 0.6 is 11.6 Å². The molecule has 2 N–H and O–H groups in total. The highest BCUT2D eigenvalue weighted by Gasteiger charge is 2.42. The summed E-state index contributed by atoms with van der Waals surface area (Å²) in [6, 6.07) is 3.99. The highest BCUT2D eigenvalue weighted by atomic mass is 35.5.